The van der Waals surface area contributed by atoms with E-state index in [1.54, 1.807) is 23.1 Å². The number of carbonyl (C=O) groups excluding carboxylic acids is 2. The number of hydrogen-bond acceptors (Lipinski definition) is 8. The van der Waals surface area contributed by atoms with Gasteiger partial charge in [0.15, 0.2) is 11.5 Å². The SMILES string of the molecule is NC(=O)CCN1CCC(n2cc(NC(=O)c3c(N)nn4cccnc34)c(-c3cc(Cl)ccc3OC(F)F)n2)CC1. The number of nitrogens with one attached hydrogen (secondary N) is 1. The van der Waals surface area contributed by atoms with Crippen LogP contribution in [0.15, 0.2) is 42.9 Å². The Labute approximate surface area is 231 Å². The number of fused-ring (bicyclic) bond motifs is 1. The number of carbonyl (C=O) groups is 2. The summed E-state index contributed by atoms with van der Waals surface area (Å²) in [7, 11) is 0. The number of halogens is 3. The molecule has 1 fully saturated rings. The van der Waals surface area contributed by atoms with Crippen LogP contribution < -0.4 is 21.5 Å². The van der Waals surface area contributed by atoms with Gasteiger partial charge < -0.3 is 26.4 Å². The monoisotopic (exact) mass is 573 g/mol. The number of alkyl halides is 2. The van der Waals surface area contributed by atoms with Crippen LogP contribution in [-0.4, -0.2) is 67.3 Å². The Bertz CT molecular complexity index is 1550. The van der Waals surface area contributed by atoms with Crippen LogP contribution in [0, 0.1) is 0 Å². The maximum atomic E-state index is 13.4. The van der Waals surface area contributed by atoms with Gasteiger partial charge in [0.05, 0.1) is 11.7 Å². The Kier molecular flexibility index (Phi) is 7.80. The zero-order valence-electron chi connectivity index (χ0n) is 21.1. The minimum Gasteiger partial charge on any atom is -0.434 e. The zero-order valence-corrected chi connectivity index (χ0v) is 21.9. The fourth-order valence-corrected chi connectivity index (χ4v) is 4.91. The van der Waals surface area contributed by atoms with Crippen LogP contribution in [0.3, 0.4) is 0 Å². The van der Waals surface area contributed by atoms with E-state index in [1.807, 2.05) is 0 Å². The molecule has 5 N–H and O–H groups in total. The summed E-state index contributed by atoms with van der Waals surface area (Å²) < 4.78 is 34.3. The van der Waals surface area contributed by atoms with E-state index in [9.17, 15) is 18.4 Å². The molecule has 0 aliphatic carbocycles. The fraction of sp³-hybridized carbons (Fsp3) is 0.320. The van der Waals surface area contributed by atoms with E-state index in [1.165, 1.54) is 28.9 Å². The molecule has 40 heavy (non-hydrogen) atoms. The molecule has 2 amide bonds. The minimum atomic E-state index is -3.09. The summed E-state index contributed by atoms with van der Waals surface area (Å²) in [6.07, 6.45) is 6.43. The molecule has 4 aromatic rings. The number of benzene rings is 1. The molecule has 15 heteroatoms. The molecule has 5 rings (SSSR count). The molecule has 1 aromatic carbocycles. The first-order valence-corrected chi connectivity index (χ1v) is 12.8. The first kappa shape index (κ1) is 27.3. The molecule has 0 saturated carbocycles. The van der Waals surface area contributed by atoms with Crippen molar-refractivity contribution in [2.45, 2.75) is 31.9 Å². The van der Waals surface area contributed by atoms with Gasteiger partial charge in [0.2, 0.25) is 5.91 Å². The van der Waals surface area contributed by atoms with Gasteiger partial charge in [-0.05, 0) is 37.1 Å². The van der Waals surface area contributed by atoms with Crippen molar-refractivity contribution in [2.75, 3.05) is 30.7 Å². The molecule has 4 heterocycles. The first-order chi connectivity index (χ1) is 19.2. The number of rotatable bonds is 9. The summed E-state index contributed by atoms with van der Waals surface area (Å²) in [5.74, 6) is -1.15. The fourth-order valence-electron chi connectivity index (χ4n) is 4.74. The van der Waals surface area contributed by atoms with Crippen LogP contribution in [0.5, 0.6) is 5.75 Å². The van der Waals surface area contributed by atoms with Crippen molar-refractivity contribution < 1.29 is 23.1 Å². The van der Waals surface area contributed by atoms with Gasteiger partial charge >= 0.3 is 6.61 Å². The molecular weight excluding hydrogens is 548 g/mol. The van der Waals surface area contributed by atoms with Crippen molar-refractivity contribution in [2.24, 2.45) is 5.73 Å². The Morgan fingerprint density at radius 3 is 2.73 bits per heavy atom. The molecule has 1 aliphatic rings. The number of aromatic nitrogens is 5. The van der Waals surface area contributed by atoms with Gasteiger partial charge in [-0.2, -0.15) is 13.9 Å². The van der Waals surface area contributed by atoms with Crippen LogP contribution in [0.25, 0.3) is 16.9 Å². The number of nitrogens with zero attached hydrogens (tertiary/aromatic N) is 6. The first-order valence-electron chi connectivity index (χ1n) is 12.4. The molecule has 0 spiro atoms. The van der Waals surface area contributed by atoms with Crippen molar-refractivity contribution >= 4 is 40.6 Å². The predicted octanol–water partition coefficient (Wildman–Crippen LogP) is 3.19. The molecule has 12 nitrogen and oxygen atoms in total. The van der Waals surface area contributed by atoms with Gasteiger partial charge in [0, 0.05) is 55.2 Å². The second-order valence-electron chi connectivity index (χ2n) is 9.28. The van der Waals surface area contributed by atoms with Crippen molar-refractivity contribution in [3.05, 3.63) is 53.4 Å². The highest BCUT2D eigenvalue weighted by atomic mass is 35.5. The number of amides is 2. The van der Waals surface area contributed by atoms with Gasteiger partial charge in [-0.3, -0.25) is 14.3 Å². The van der Waals surface area contributed by atoms with Gasteiger partial charge in [-0.15, -0.1) is 5.10 Å². The summed E-state index contributed by atoms with van der Waals surface area (Å²) in [4.78, 5) is 30.9. The van der Waals surface area contributed by atoms with E-state index >= 15 is 0 Å². The topological polar surface area (TPSA) is 159 Å². The second-order valence-corrected chi connectivity index (χ2v) is 9.72. The minimum absolute atomic E-state index is 0.0297. The lowest BCUT2D eigenvalue weighted by molar-refractivity contribution is -0.118. The van der Waals surface area contributed by atoms with Gasteiger partial charge in [0.25, 0.3) is 5.91 Å². The number of nitrogen functional groups attached to an aromatic ring is 1. The number of ether oxygens (including phenoxy) is 1. The summed E-state index contributed by atoms with van der Waals surface area (Å²) >= 11 is 6.21. The average molecular weight is 574 g/mol. The Morgan fingerprint density at radius 1 is 1.23 bits per heavy atom. The van der Waals surface area contributed by atoms with E-state index in [0.717, 1.165) is 0 Å². The third-order valence-corrected chi connectivity index (χ3v) is 6.88. The summed E-state index contributed by atoms with van der Waals surface area (Å²) in [6, 6.07) is 5.77. The number of primary amides is 1. The van der Waals surface area contributed by atoms with Crippen LogP contribution in [0.2, 0.25) is 5.02 Å². The lowest BCUT2D eigenvalue weighted by Crippen LogP contribution is -2.36. The van der Waals surface area contributed by atoms with Crippen LogP contribution >= 0.6 is 11.6 Å². The van der Waals surface area contributed by atoms with Gasteiger partial charge in [-0.25, -0.2) is 9.50 Å². The largest absolute Gasteiger partial charge is 0.434 e. The smallest absolute Gasteiger partial charge is 0.387 e. The highest BCUT2D eigenvalue weighted by Gasteiger charge is 2.27. The standard InChI is InChI=1S/C25H26ClF2N9O3/c26-14-2-3-18(40-25(27)28)16(12-14)21-17(32-24(39)20-22(30)34-36-8-1-7-31-23(20)36)13-37(33-21)15-4-9-35(10-5-15)11-6-19(29)38/h1-3,7-8,12-13,15,25H,4-6,9-11H2,(H2,29,38)(H2,30,34)(H,32,39). The molecule has 3 aromatic heterocycles. The molecule has 1 saturated heterocycles. The third-order valence-electron chi connectivity index (χ3n) is 6.65. The average Bonchev–Trinajstić information content (AvgIpc) is 3.48. The molecule has 0 unspecified atom stereocenters. The number of hydrogen-bond donors (Lipinski definition) is 3. The lowest BCUT2D eigenvalue weighted by atomic mass is 10.1. The number of likely N-dealkylation sites (tertiary alicyclic amines) is 1. The highest BCUT2D eigenvalue weighted by molar-refractivity contribution is 6.31. The van der Waals surface area contributed by atoms with E-state index in [-0.39, 0.29) is 63.1 Å². The Hall–Kier alpha value is -4.30. The number of anilines is 2. The molecule has 0 atom stereocenters. The van der Waals surface area contributed by atoms with Crippen molar-refractivity contribution in [3.8, 4) is 17.0 Å². The van der Waals surface area contributed by atoms with Crippen LogP contribution in [0.4, 0.5) is 20.3 Å². The molecule has 0 bridgehead atoms. The zero-order chi connectivity index (χ0) is 28.4. The molecular formula is C25H26ClF2N9O3. The van der Waals surface area contributed by atoms with E-state index in [4.69, 9.17) is 27.8 Å². The molecule has 210 valence electrons. The lowest BCUT2D eigenvalue weighted by Gasteiger charge is -2.31. The summed E-state index contributed by atoms with van der Waals surface area (Å²) in [5.41, 5.74) is 12.2. The van der Waals surface area contributed by atoms with Gasteiger partial charge in [-0.1, -0.05) is 11.6 Å². The quantitative estimate of drug-likeness (QED) is 0.275. The summed E-state index contributed by atoms with van der Waals surface area (Å²) in [5, 5.41) is 11.9. The predicted molar refractivity (Wildman–Crippen MR) is 143 cm³/mol. The van der Waals surface area contributed by atoms with E-state index < -0.39 is 12.5 Å². The molecule has 0 radical (unpaired) electrons. The summed E-state index contributed by atoms with van der Waals surface area (Å²) in [6.45, 7) is -1.11. The second kappa shape index (κ2) is 11.4. The van der Waals surface area contributed by atoms with Crippen molar-refractivity contribution in [1.29, 1.82) is 0 Å². The Balaban J connectivity index is 1.50. The van der Waals surface area contributed by atoms with E-state index in [0.29, 0.717) is 32.5 Å². The van der Waals surface area contributed by atoms with E-state index in [2.05, 4.69) is 25.4 Å². The van der Waals surface area contributed by atoms with Crippen LogP contribution in [0.1, 0.15) is 35.7 Å². The maximum Gasteiger partial charge on any atom is 0.387 e. The highest BCUT2D eigenvalue weighted by Crippen LogP contribution is 2.38. The van der Waals surface area contributed by atoms with Crippen LogP contribution in [-0.2, 0) is 4.79 Å². The maximum absolute atomic E-state index is 13.4. The van der Waals surface area contributed by atoms with Crippen molar-refractivity contribution in [1.82, 2.24) is 29.3 Å². The van der Waals surface area contributed by atoms with Gasteiger partial charge in [0.1, 0.15) is 17.0 Å². The number of piperidine rings is 1. The normalized spacial score (nSPS) is 14.6. The third kappa shape index (κ3) is 5.82. The Morgan fingerprint density at radius 2 is 2.00 bits per heavy atom. The molecule has 1 aliphatic heterocycles. The number of nitrogens with two attached hydrogens (primary N) is 2. The van der Waals surface area contributed by atoms with Crippen molar-refractivity contribution in [3.63, 3.8) is 0 Å².